The summed E-state index contributed by atoms with van der Waals surface area (Å²) in [5.41, 5.74) is 0.536. The highest BCUT2D eigenvalue weighted by molar-refractivity contribution is 9.10. The molecule has 0 aliphatic carbocycles. The number of carboxylic acids is 1. The zero-order valence-electron chi connectivity index (χ0n) is 10.2. The maximum Gasteiger partial charge on any atom is 0.319 e. The normalized spacial score (nSPS) is 11.7. The van der Waals surface area contributed by atoms with Gasteiger partial charge in [-0.1, -0.05) is 18.5 Å². The summed E-state index contributed by atoms with van der Waals surface area (Å²) in [6.45, 7) is 1.84. The summed E-state index contributed by atoms with van der Waals surface area (Å²) in [6.07, 6.45) is 0.458. The van der Waals surface area contributed by atoms with Gasteiger partial charge in [0, 0.05) is 16.7 Å². The highest BCUT2D eigenvalue weighted by Crippen LogP contribution is 2.25. The van der Waals surface area contributed by atoms with E-state index in [1.54, 1.807) is 25.1 Å². The van der Waals surface area contributed by atoms with Crippen LogP contribution in [0.3, 0.4) is 0 Å². The molecule has 0 aliphatic rings. The number of nitrogens with one attached hydrogen (secondary N) is 2. The number of carbonyl (C=O) groups is 2. The molecule has 0 heterocycles. The Bertz CT molecular complexity index is 482. The van der Waals surface area contributed by atoms with Gasteiger partial charge in [0.15, 0.2) is 0 Å². The maximum absolute atomic E-state index is 11.6. The van der Waals surface area contributed by atoms with E-state index in [0.717, 1.165) is 4.47 Å². The number of benzene rings is 1. The molecule has 0 radical (unpaired) electrons. The molecule has 3 N–H and O–H groups in total. The molecule has 0 saturated carbocycles. The number of carboxylic acid groups (broad SMARTS) is 1. The minimum Gasteiger partial charge on any atom is -0.481 e. The Kier molecular flexibility index (Phi) is 6.11. The van der Waals surface area contributed by atoms with E-state index in [2.05, 4.69) is 26.6 Å². The minimum absolute atomic E-state index is 0.0852. The summed E-state index contributed by atoms with van der Waals surface area (Å²) in [7, 11) is 0. The Labute approximate surface area is 124 Å². The second-order valence-electron chi connectivity index (χ2n) is 3.91. The minimum atomic E-state index is -0.922. The third kappa shape index (κ3) is 5.08. The molecule has 1 aromatic carbocycles. The lowest BCUT2D eigenvalue weighted by Crippen LogP contribution is -2.35. The van der Waals surface area contributed by atoms with Gasteiger partial charge in [-0.25, -0.2) is 4.79 Å². The molecular weight excluding hydrogens is 336 g/mol. The van der Waals surface area contributed by atoms with Crippen LogP contribution < -0.4 is 10.6 Å². The highest BCUT2D eigenvalue weighted by Gasteiger charge is 2.15. The molecule has 5 nitrogen and oxygen atoms in total. The fraction of sp³-hybridized carbons (Fsp3) is 0.333. The fourth-order valence-electron chi connectivity index (χ4n) is 1.37. The number of carbonyl (C=O) groups excluding carboxylic acids is 1. The Morgan fingerprint density at radius 1 is 1.47 bits per heavy atom. The summed E-state index contributed by atoms with van der Waals surface area (Å²) in [6, 6.07) is 4.53. The number of amides is 2. The van der Waals surface area contributed by atoms with E-state index in [4.69, 9.17) is 16.7 Å². The van der Waals surface area contributed by atoms with Crippen LogP contribution in [-0.4, -0.2) is 23.7 Å². The SMILES string of the molecule is CCC(CNC(=O)Nc1ccc(Br)c(Cl)c1)C(=O)O. The molecule has 104 valence electrons. The van der Waals surface area contributed by atoms with Crippen LogP contribution in [0.1, 0.15) is 13.3 Å². The van der Waals surface area contributed by atoms with E-state index in [1.165, 1.54) is 0 Å². The Morgan fingerprint density at radius 3 is 2.68 bits per heavy atom. The van der Waals surface area contributed by atoms with Gasteiger partial charge in [-0.15, -0.1) is 0 Å². The molecular formula is C12H14BrClN2O3. The van der Waals surface area contributed by atoms with Crippen molar-refractivity contribution in [2.75, 3.05) is 11.9 Å². The van der Waals surface area contributed by atoms with Crippen molar-refractivity contribution < 1.29 is 14.7 Å². The largest absolute Gasteiger partial charge is 0.481 e. The monoisotopic (exact) mass is 348 g/mol. The Balaban J connectivity index is 2.51. The van der Waals surface area contributed by atoms with Crippen LogP contribution in [0.15, 0.2) is 22.7 Å². The topological polar surface area (TPSA) is 78.4 Å². The number of aliphatic carboxylic acids is 1. The predicted molar refractivity (Wildman–Crippen MR) is 77.6 cm³/mol. The lowest BCUT2D eigenvalue weighted by atomic mass is 10.1. The van der Waals surface area contributed by atoms with Crippen LogP contribution in [0.4, 0.5) is 10.5 Å². The number of rotatable bonds is 5. The zero-order valence-corrected chi connectivity index (χ0v) is 12.6. The average Bonchev–Trinajstić information content (AvgIpc) is 2.34. The van der Waals surface area contributed by atoms with Crippen LogP contribution in [0, 0.1) is 5.92 Å². The molecule has 1 unspecified atom stereocenters. The first-order chi connectivity index (χ1) is 8.93. The van der Waals surface area contributed by atoms with Gasteiger partial charge in [0.1, 0.15) is 0 Å². The Morgan fingerprint density at radius 2 is 2.16 bits per heavy atom. The van der Waals surface area contributed by atoms with Crippen molar-refractivity contribution in [1.82, 2.24) is 5.32 Å². The molecule has 1 rings (SSSR count). The second-order valence-corrected chi connectivity index (χ2v) is 5.17. The third-order valence-electron chi connectivity index (χ3n) is 2.53. The first kappa shape index (κ1) is 15.8. The molecule has 1 atom stereocenters. The molecule has 0 saturated heterocycles. The summed E-state index contributed by atoms with van der Waals surface area (Å²) in [5.74, 6) is -1.51. The molecule has 0 bridgehead atoms. The predicted octanol–water partition coefficient (Wildman–Crippen LogP) is 3.33. The van der Waals surface area contributed by atoms with Gasteiger partial charge in [-0.3, -0.25) is 4.79 Å². The van der Waals surface area contributed by atoms with E-state index < -0.39 is 17.9 Å². The second kappa shape index (κ2) is 7.35. The molecule has 0 aromatic heterocycles. The van der Waals surface area contributed by atoms with Gasteiger partial charge in [0.2, 0.25) is 0 Å². The van der Waals surface area contributed by atoms with Crippen molar-refractivity contribution in [2.45, 2.75) is 13.3 Å². The lowest BCUT2D eigenvalue weighted by Gasteiger charge is -2.12. The van der Waals surface area contributed by atoms with Gasteiger partial charge in [0.25, 0.3) is 0 Å². The first-order valence-corrected chi connectivity index (χ1v) is 6.83. The summed E-state index contributed by atoms with van der Waals surface area (Å²) >= 11 is 9.14. The van der Waals surface area contributed by atoms with Gasteiger partial charge in [-0.2, -0.15) is 0 Å². The van der Waals surface area contributed by atoms with Gasteiger partial charge in [-0.05, 0) is 40.5 Å². The van der Waals surface area contributed by atoms with Crippen molar-refractivity contribution in [3.05, 3.63) is 27.7 Å². The van der Waals surface area contributed by atoms with Crippen molar-refractivity contribution in [3.8, 4) is 0 Å². The van der Waals surface area contributed by atoms with E-state index in [-0.39, 0.29) is 6.54 Å². The van der Waals surface area contributed by atoms with Crippen LogP contribution in [-0.2, 0) is 4.79 Å². The molecule has 1 aromatic rings. The standard InChI is InChI=1S/C12H14BrClN2O3/c1-2-7(11(17)18)6-15-12(19)16-8-3-4-9(13)10(14)5-8/h3-5,7H,2,6H2,1H3,(H,17,18)(H2,15,16,19). The smallest absolute Gasteiger partial charge is 0.319 e. The summed E-state index contributed by atoms with van der Waals surface area (Å²) < 4.78 is 0.733. The number of halogens is 2. The zero-order chi connectivity index (χ0) is 14.4. The third-order valence-corrected chi connectivity index (χ3v) is 3.76. The molecule has 2 amide bonds. The first-order valence-electron chi connectivity index (χ1n) is 5.66. The van der Waals surface area contributed by atoms with Crippen molar-refractivity contribution >= 4 is 45.2 Å². The van der Waals surface area contributed by atoms with Crippen LogP contribution in [0.25, 0.3) is 0 Å². The molecule has 19 heavy (non-hydrogen) atoms. The molecule has 0 aliphatic heterocycles. The number of urea groups is 1. The van der Waals surface area contributed by atoms with Crippen molar-refractivity contribution in [2.24, 2.45) is 5.92 Å². The van der Waals surface area contributed by atoms with Gasteiger partial charge in [0.05, 0.1) is 10.9 Å². The van der Waals surface area contributed by atoms with Crippen molar-refractivity contribution in [1.29, 1.82) is 0 Å². The molecule has 7 heteroatoms. The van der Waals surface area contributed by atoms with Gasteiger partial charge >= 0.3 is 12.0 Å². The maximum atomic E-state index is 11.6. The Hall–Kier alpha value is -1.27. The fourth-order valence-corrected chi connectivity index (χ4v) is 1.80. The van der Waals surface area contributed by atoms with E-state index >= 15 is 0 Å². The number of hydrogen-bond donors (Lipinski definition) is 3. The van der Waals surface area contributed by atoms with E-state index in [9.17, 15) is 9.59 Å². The van der Waals surface area contributed by atoms with E-state index in [0.29, 0.717) is 17.1 Å². The van der Waals surface area contributed by atoms with Crippen LogP contribution >= 0.6 is 27.5 Å². The average molecular weight is 350 g/mol. The quantitative estimate of drug-likeness (QED) is 0.763. The van der Waals surface area contributed by atoms with E-state index in [1.807, 2.05) is 0 Å². The highest BCUT2D eigenvalue weighted by atomic mass is 79.9. The number of anilines is 1. The summed E-state index contributed by atoms with van der Waals surface area (Å²) in [4.78, 5) is 22.4. The molecule has 0 fully saturated rings. The van der Waals surface area contributed by atoms with Crippen molar-refractivity contribution in [3.63, 3.8) is 0 Å². The van der Waals surface area contributed by atoms with Crippen LogP contribution in [0.2, 0.25) is 5.02 Å². The molecule has 0 spiro atoms. The number of hydrogen-bond acceptors (Lipinski definition) is 2. The lowest BCUT2D eigenvalue weighted by molar-refractivity contribution is -0.141. The summed E-state index contributed by atoms with van der Waals surface area (Å²) in [5, 5.41) is 14.4. The van der Waals surface area contributed by atoms with Gasteiger partial charge < -0.3 is 15.7 Å². The van der Waals surface area contributed by atoms with Crippen LogP contribution in [0.5, 0.6) is 0 Å².